The third-order valence-electron chi connectivity index (χ3n) is 5.35. The van der Waals surface area contributed by atoms with E-state index in [-0.39, 0.29) is 12.5 Å². The fourth-order valence-corrected chi connectivity index (χ4v) is 3.70. The van der Waals surface area contributed by atoms with Crippen LogP contribution >= 0.6 is 0 Å². The van der Waals surface area contributed by atoms with Gasteiger partial charge >= 0.3 is 5.97 Å². The molecule has 0 saturated carbocycles. The van der Waals surface area contributed by atoms with Crippen molar-refractivity contribution in [2.75, 3.05) is 13.7 Å². The SMILES string of the molecule is COC(=O)COc1cccc(CCCc2noc(C(c3ccccc3)c3ccccc3)n2)c1. The summed E-state index contributed by atoms with van der Waals surface area (Å²) in [4.78, 5) is 16.0. The lowest BCUT2D eigenvalue weighted by molar-refractivity contribution is -0.142. The van der Waals surface area contributed by atoms with E-state index in [1.54, 1.807) is 0 Å². The lowest BCUT2D eigenvalue weighted by atomic mass is 9.91. The van der Waals surface area contributed by atoms with E-state index in [1.807, 2.05) is 60.7 Å². The standard InChI is InChI=1S/C27H26N2O4/c1-31-25(30)19-32-23-16-8-10-20(18-23)11-9-17-24-28-27(33-29-24)26(21-12-4-2-5-13-21)22-14-6-3-7-15-22/h2-8,10,12-16,18,26H,9,11,17,19H2,1H3. The van der Waals surface area contributed by atoms with Gasteiger partial charge in [-0.2, -0.15) is 4.98 Å². The first-order chi connectivity index (χ1) is 16.2. The molecule has 168 valence electrons. The molecule has 0 N–H and O–H groups in total. The van der Waals surface area contributed by atoms with Crippen molar-refractivity contribution in [1.29, 1.82) is 0 Å². The van der Waals surface area contributed by atoms with E-state index >= 15 is 0 Å². The average molecular weight is 443 g/mol. The summed E-state index contributed by atoms with van der Waals surface area (Å²) in [5, 5.41) is 4.23. The van der Waals surface area contributed by atoms with Crippen LogP contribution in [-0.4, -0.2) is 29.8 Å². The van der Waals surface area contributed by atoms with Crippen LogP contribution in [0.15, 0.2) is 89.5 Å². The maximum Gasteiger partial charge on any atom is 0.343 e. The zero-order chi connectivity index (χ0) is 22.9. The fourth-order valence-electron chi connectivity index (χ4n) is 3.70. The van der Waals surface area contributed by atoms with Crippen molar-refractivity contribution in [2.24, 2.45) is 0 Å². The van der Waals surface area contributed by atoms with Crippen LogP contribution in [0, 0.1) is 0 Å². The summed E-state index contributed by atoms with van der Waals surface area (Å²) in [5.74, 6) is 1.43. The first kappa shape index (κ1) is 22.3. The van der Waals surface area contributed by atoms with Crippen LogP contribution in [0.5, 0.6) is 5.75 Å². The molecule has 1 aromatic heterocycles. The summed E-state index contributed by atoms with van der Waals surface area (Å²) < 4.78 is 15.8. The van der Waals surface area contributed by atoms with Crippen molar-refractivity contribution < 1.29 is 18.8 Å². The van der Waals surface area contributed by atoms with Crippen LogP contribution in [-0.2, 0) is 22.4 Å². The number of methoxy groups -OCH3 is 1. The molecule has 4 rings (SSSR count). The number of ether oxygens (including phenoxy) is 2. The van der Waals surface area contributed by atoms with Crippen molar-refractivity contribution in [2.45, 2.75) is 25.2 Å². The smallest absolute Gasteiger partial charge is 0.343 e. The topological polar surface area (TPSA) is 74.5 Å². The molecule has 0 amide bonds. The van der Waals surface area contributed by atoms with Gasteiger partial charge in [0.1, 0.15) is 5.75 Å². The minimum Gasteiger partial charge on any atom is -0.482 e. The minimum atomic E-state index is -0.405. The third kappa shape index (κ3) is 6.07. The van der Waals surface area contributed by atoms with E-state index in [4.69, 9.17) is 14.2 Å². The highest BCUT2D eigenvalue weighted by molar-refractivity contribution is 5.70. The number of carbonyl (C=O) groups is 1. The highest BCUT2D eigenvalue weighted by atomic mass is 16.6. The lowest BCUT2D eigenvalue weighted by Gasteiger charge is -2.13. The molecule has 1 heterocycles. The lowest BCUT2D eigenvalue weighted by Crippen LogP contribution is -2.12. The maximum absolute atomic E-state index is 11.3. The Morgan fingerprint density at radius 3 is 2.27 bits per heavy atom. The van der Waals surface area contributed by atoms with Crippen LogP contribution in [0.3, 0.4) is 0 Å². The molecule has 0 aliphatic carbocycles. The summed E-state index contributed by atoms with van der Waals surface area (Å²) >= 11 is 0. The summed E-state index contributed by atoms with van der Waals surface area (Å²) in [6.07, 6.45) is 2.40. The van der Waals surface area contributed by atoms with Crippen LogP contribution in [0.1, 0.15) is 40.7 Å². The van der Waals surface area contributed by atoms with Crippen molar-refractivity contribution >= 4 is 5.97 Å². The average Bonchev–Trinajstić information content (AvgIpc) is 3.32. The molecule has 0 fully saturated rings. The molecule has 0 bridgehead atoms. The molecule has 0 unspecified atom stereocenters. The van der Waals surface area contributed by atoms with Gasteiger partial charge in [0.05, 0.1) is 13.0 Å². The molecule has 0 saturated heterocycles. The minimum absolute atomic E-state index is 0.0997. The Morgan fingerprint density at radius 1 is 0.909 bits per heavy atom. The van der Waals surface area contributed by atoms with Gasteiger partial charge in [0.15, 0.2) is 12.4 Å². The van der Waals surface area contributed by atoms with Crippen molar-refractivity contribution in [3.63, 3.8) is 0 Å². The summed E-state index contributed by atoms with van der Waals surface area (Å²) in [6.45, 7) is -0.102. The number of esters is 1. The van der Waals surface area contributed by atoms with Crippen LogP contribution in [0.2, 0.25) is 0 Å². The van der Waals surface area contributed by atoms with Gasteiger partial charge in [-0.15, -0.1) is 0 Å². The van der Waals surface area contributed by atoms with Crippen molar-refractivity contribution in [3.8, 4) is 5.75 Å². The van der Waals surface area contributed by atoms with E-state index in [9.17, 15) is 4.79 Å². The maximum atomic E-state index is 11.3. The number of aromatic nitrogens is 2. The van der Waals surface area contributed by atoms with Crippen molar-refractivity contribution in [1.82, 2.24) is 10.1 Å². The number of aryl methyl sites for hydroxylation is 2. The van der Waals surface area contributed by atoms with Crippen molar-refractivity contribution in [3.05, 3.63) is 113 Å². The summed E-state index contributed by atoms with van der Waals surface area (Å²) in [6, 6.07) is 28.1. The zero-order valence-corrected chi connectivity index (χ0v) is 18.5. The fraction of sp³-hybridized carbons (Fsp3) is 0.222. The highest BCUT2D eigenvalue weighted by Crippen LogP contribution is 2.30. The Hall–Kier alpha value is -3.93. The predicted molar refractivity (Wildman–Crippen MR) is 124 cm³/mol. The molecule has 3 aromatic carbocycles. The molecular weight excluding hydrogens is 416 g/mol. The van der Waals surface area contributed by atoms with Gasteiger partial charge in [-0.25, -0.2) is 4.79 Å². The normalized spacial score (nSPS) is 10.8. The molecule has 33 heavy (non-hydrogen) atoms. The number of nitrogens with zero attached hydrogens (tertiary/aromatic N) is 2. The monoisotopic (exact) mass is 442 g/mol. The van der Waals surface area contributed by atoms with E-state index in [0.29, 0.717) is 23.9 Å². The Morgan fingerprint density at radius 2 is 1.61 bits per heavy atom. The number of benzene rings is 3. The summed E-state index contributed by atoms with van der Waals surface area (Å²) in [7, 11) is 1.34. The first-order valence-corrected chi connectivity index (χ1v) is 10.9. The molecule has 4 aromatic rings. The second-order valence-electron chi connectivity index (χ2n) is 7.67. The highest BCUT2D eigenvalue weighted by Gasteiger charge is 2.22. The molecular formula is C27H26N2O4. The second-order valence-corrected chi connectivity index (χ2v) is 7.67. The first-order valence-electron chi connectivity index (χ1n) is 10.9. The molecule has 0 aliphatic heterocycles. The largest absolute Gasteiger partial charge is 0.482 e. The molecule has 6 heteroatoms. The zero-order valence-electron chi connectivity index (χ0n) is 18.5. The van der Waals surface area contributed by atoms with Gasteiger partial charge in [-0.3, -0.25) is 0 Å². The molecule has 0 spiro atoms. The van der Waals surface area contributed by atoms with Gasteiger partial charge in [0.25, 0.3) is 0 Å². The number of hydrogen-bond acceptors (Lipinski definition) is 6. The Kier molecular flexibility index (Phi) is 7.48. The molecule has 0 atom stereocenters. The van der Waals surface area contributed by atoms with Gasteiger partial charge in [0.2, 0.25) is 5.89 Å². The third-order valence-corrected chi connectivity index (χ3v) is 5.35. The quantitative estimate of drug-likeness (QED) is 0.323. The Bertz CT molecular complexity index is 1120. The summed E-state index contributed by atoms with van der Waals surface area (Å²) in [5.41, 5.74) is 3.35. The van der Waals surface area contributed by atoms with Gasteiger partial charge < -0.3 is 14.0 Å². The van der Waals surface area contributed by atoms with E-state index in [1.165, 1.54) is 7.11 Å². The molecule has 6 nitrogen and oxygen atoms in total. The molecule has 0 aliphatic rings. The Labute approximate surface area is 193 Å². The van der Waals surface area contributed by atoms with Crippen LogP contribution in [0.4, 0.5) is 0 Å². The van der Waals surface area contributed by atoms with E-state index in [0.717, 1.165) is 29.5 Å². The Balaban J connectivity index is 1.40. The van der Waals surface area contributed by atoms with E-state index < -0.39 is 5.97 Å². The second kappa shape index (κ2) is 11.1. The number of carbonyl (C=O) groups excluding carboxylic acids is 1. The van der Waals surface area contributed by atoms with Gasteiger partial charge in [0, 0.05) is 6.42 Å². The van der Waals surface area contributed by atoms with Crippen LogP contribution in [0.25, 0.3) is 0 Å². The van der Waals surface area contributed by atoms with Gasteiger partial charge in [-0.1, -0.05) is 78.0 Å². The molecule has 0 radical (unpaired) electrons. The number of rotatable bonds is 10. The predicted octanol–water partition coefficient (Wildman–Crippen LogP) is 4.98. The van der Waals surface area contributed by atoms with Gasteiger partial charge in [-0.05, 0) is 41.7 Å². The number of hydrogen-bond donors (Lipinski definition) is 0. The van der Waals surface area contributed by atoms with Crippen LogP contribution < -0.4 is 4.74 Å². The van der Waals surface area contributed by atoms with E-state index in [2.05, 4.69) is 34.2 Å².